The van der Waals surface area contributed by atoms with Crippen molar-refractivity contribution in [3.8, 4) is 0 Å². The molecular formula is C17H16LiP. The number of rotatable bonds is 2. The summed E-state index contributed by atoms with van der Waals surface area (Å²) in [6.07, 6.45) is 10.0. The van der Waals surface area contributed by atoms with Crippen LogP contribution >= 0.6 is 8.58 Å². The average molecular weight is 258 g/mol. The molecule has 0 aliphatic heterocycles. The Kier molecular flexibility index (Phi) is 8.27. The first kappa shape index (κ1) is 16.0. The second-order valence-electron chi connectivity index (χ2n) is 3.86. The van der Waals surface area contributed by atoms with Crippen molar-refractivity contribution in [2.45, 2.75) is 6.42 Å². The molecule has 19 heavy (non-hydrogen) atoms. The molecule has 0 bridgehead atoms. The van der Waals surface area contributed by atoms with E-state index in [-0.39, 0.29) is 18.9 Å². The van der Waals surface area contributed by atoms with E-state index >= 15 is 0 Å². The molecule has 0 aromatic heterocycles. The molecule has 0 saturated heterocycles. The Bertz CT molecular complexity index is 456. The molecule has 2 aromatic carbocycles. The van der Waals surface area contributed by atoms with Crippen LogP contribution in [-0.2, 0) is 0 Å². The molecule has 0 unspecified atom stereocenters. The van der Waals surface area contributed by atoms with Gasteiger partial charge in [0, 0.05) is 0 Å². The Balaban J connectivity index is 0.000000256. The summed E-state index contributed by atoms with van der Waals surface area (Å²) in [4.78, 5) is 0. The smallest absolute Gasteiger partial charge is 0.273 e. The minimum absolute atomic E-state index is 0. The van der Waals surface area contributed by atoms with Gasteiger partial charge in [-0.2, -0.15) is 6.08 Å². The summed E-state index contributed by atoms with van der Waals surface area (Å²) in [5.74, 6) is 0. The van der Waals surface area contributed by atoms with Crippen molar-refractivity contribution in [1.29, 1.82) is 0 Å². The minimum atomic E-state index is 0. The van der Waals surface area contributed by atoms with E-state index in [4.69, 9.17) is 0 Å². The van der Waals surface area contributed by atoms with Gasteiger partial charge in [-0.25, -0.2) is 12.2 Å². The molecule has 2 aromatic rings. The van der Waals surface area contributed by atoms with Crippen LogP contribution in [0.5, 0.6) is 0 Å². The molecule has 0 amide bonds. The maximum Gasteiger partial charge on any atom is 1.00 e. The molecule has 0 spiro atoms. The molecule has 0 atom stereocenters. The summed E-state index contributed by atoms with van der Waals surface area (Å²) in [6.45, 7) is 0. The zero-order valence-corrected chi connectivity index (χ0v) is 12.2. The van der Waals surface area contributed by atoms with Crippen LogP contribution in [0, 0.1) is 6.08 Å². The quantitative estimate of drug-likeness (QED) is 0.421. The predicted octanol–water partition coefficient (Wildman–Crippen LogP) is 0.626. The fourth-order valence-electron chi connectivity index (χ4n) is 1.55. The standard InChI is InChI=1S/C12H11P.C5H5.Li/c1-3-7-11(8-4-1)13-12-9-5-2-6-10-12;1-2-4-5-3-1;/h1-10,13H;1-3H,4H2;/q;-1;+1. The van der Waals surface area contributed by atoms with Crippen molar-refractivity contribution >= 4 is 19.2 Å². The van der Waals surface area contributed by atoms with Crippen molar-refractivity contribution in [1.82, 2.24) is 0 Å². The molecular weight excluding hydrogens is 242 g/mol. The van der Waals surface area contributed by atoms with Crippen LogP contribution in [0.1, 0.15) is 6.42 Å². The summed E-state index contributed by atoms with van der Waals surface area (Å²) < 4.78 is 0. The van der Waals surface area contributed by atoms with E-state index in [1.807, 2.05) is 12.2 Å². The van der Waals surface area contributed by atoms with E-state index < -0.39 is 0 Å². The van der Waals surface area contributed by atoms with Crippen LogP contribution in [0.15, 0.2) is 78.9 Å². The third-order valence-electron chi connectivity index (χ3n) is 2.42. The van der Waals surface area contributed by atoms with E-state index in [1.165, 1.54) is 10.6 Å². The van der Waals surface area contributed by atoms with Gasteiger partial charge in [-0.05, 0) is 10.6 Å². The Morgan fingerprint density at radius 2 is 1.32 bits per heavy atom. The van der Waals surface area contributed by atoms with Gasteiger partial charge >= 0.3 is 18.9 Å². The Morgan fingerprint density at radius 3 is 1.63 bits per heavy atom. The van der Waals surface area contributed by atoms with Gasteiger partial charge in [-0.3, -0.25) is 6.08 Å². The number of benzene rings is 2. The van der Waals surface area contributed by atoms with Gasteiger partial charge in [0.05, 0.1) is 0 Å². The van der Waals surface area contributed by atoms with Gasteiger partial charge < -0.3 is 0 Å². The second-order valence-corrected chi connectivity index (χ2v) is 5.26. The number of allylic oxidation sites excluding steroid dienone is 4. The molecule has 0 saturated carbocycles. The van der Waals surface area contributed by atoms with Crippen LogP contribution in [-0.4, -0.2) is 0 Å². The largest absolute Gasteiger partial charge is 1.00 e. The van der Waals surface area contributed by atoms with E-state index in [9.17, 15) is 0 Å². The molecule has 0 N–H and O–H groups in total. The normalized spacial score (nSPS) is 11.4. The summed E-state index contributed by atoms with van der Waals surface area (Å²) >= 11 is 0. The summed E-state index contributed by atoms with van der Waals surface area (Å²) in [5.41, 5.74) is 0. The summed E-state index contributed by atoms with van der Waals surface area (Å²) in [5, 5.41) is 2.79. The van der Waals surface area contributed by atoms with E-state index in [2.05, 4.69) is 72.8 Å². The van der Waals surface area contributed by atoms with Crippen LogP contribution in [0.4, 0.5) is 0 Å². The molecule has 1 aliphatic rings. The van der Waals surface area contributed by atoms with Crippen molar-refractivity contribution in [2.75, 3.05) is 0 Å². The monoisotopic (exact) mass is 258 g/mol. The number of hydrogen-bond acceptors (Lipinski definition) is 0. The summed E-state index contributed by atoms with van der Waals surface area (Å²) in [7, 11) is 0.777. The van der Waals surface area contributed by atoms with Gasteiger partial charge in [-0.1, -0.05) is 69.2 Å². The minimum Gasteiger partial charge on any atom is -0.273 e. The maximum atomic E-state index is 2.99. The molecule has 0 heterocycles. The van der Waals surface area contributed by atoms with Crippen LogP contribution in [0.25, 0.3) is 0 Å². The Morgan fingerprint density at radius 1 is 0.789 bits per heavy atom. The van der Waals surface area contributed by atoms with E-state index in [0.717, 1.165) is 15.0 Å². The molecule has 1 aliphatic carbocycles. The van der Waals surface area contributed by atoms with E-state index in [0.29, 0.717) is 0 Å². The first-order valence-corrected chi connectivity index (χ1v) is 7.04. The third kappa shape index (κ3) is 6.60. The van der Waals surface area contributed by atoms with Crippen LogP contribution < -0.4 is 29.5 Å². The SMILES string of the molecule is [C-]1=CC=CC1.[Li+].c1ccc(Pc2ccccc2)cc1. The van der Waals surface area contributed by atoms with Gasteiger partial charge in [-0.15, -0.1) is 6.42 Å². The molecule has 0 radical (unpaired) electrons. The second kappa shape index (κ2) is 9.82. The molecule has 0 fully saturated rings. The fourth-order valence-corrected chi connectivity index (χ4v) is 2.60. The Labute approximate surface area is 129 Å². The zero-order chi connectivity index (χ0) is 12.5. The van der Waals surface area contributed by atoms with Gasteiger partial charge in [0.1, 0.15) is 0 Å². The predicted molar refractivity (Wildman–Crippen MR) is 82.0 cm³/mol. The van der Waals surface area contributed by atoms with Gasteiger partial charge in [0.25, 0.3) is 0 Å². The Hall–Kier alpha value is -1.05. The fraction of sp³-hybridized carbons (Fsp3) is 0.0588. The number of hydrogen-bond donors (Lipinski definition) is 0. The topological polar surface area (TPSA) is 0 Å². The molecule has 3 rings (SSSR count). The van der Waals surface area contributed by atoms with Gasteiger partial charge in [0.2, 0.25) is 0 Å². The van der Waals surface area contributed by atoms with Crippen molar-refractivity contribution in [2.24, 2.45) is 0 Å². The van der Waals surface area contributed by atoms with Crippen LogP contribution in [0.2, 0.25) is 0 Å². The molecule has 0 nitrogen and oxygen atoms in total. The van der Waals surface area contributed by atoms with Crippen molar-refractivity contribution in [3.63, 3.8) is 0 Å². The first-order chi connectivity index (χ1) is 8.95. The van der Waals surface area contributed by atoms with Gasteiger partial charge in [0.15, 0.2) is 0 Å². The van der Waals surface area contributed by atoms with Crippen molar-refractivity contribution < 1.29 is 18.9 Å². The maximum absolute atomic E-state index is 2.99. The summed E-state index contributed by atoms with van der Waals surface area (Å²) in [6, 6.07) is 21.2. The zero-order valence-electron chi connectivity index (χ0n) is 11.2. The van der Waals surface area contributed by atoms with E-state index in [1.54, 1.807) is 0 Å². The third-order valence-corrected chi connectivity index (χ3v) is 3.67. The molecule has 90 valence electrons. The first-order valence-electron chi connectivity index (χ1n) is 6.04. The average Bonchev–Trinajstić information content (AvgIpc) is 3.00. The molecule has 2 heteroatoms. The van der Waals surface area contributed by atoms with Crippen molar-refractivity contribution in [3.05, 3.63) is 85.0 Å². The van der Waals surface area contributed by atoms with Crippen LogP contribution in [0.3, 0.4) is 0 Å².